The normalized spacial score (nSPS) is 14.7. The van der Waals surface area contributed by atoms with Gasteiger partial charge in [-0.05, 0) is 39.0 Å². The molecular weight excluding hydrogens is 334 g/mol. The summed E-state index contributed by atoms with van der Waals surface area (Å²) in [6, 6.07) is 10.5. The maximum absolute atomic E-state index is 12.2. The van der Waals surface area contributed by atoms with Crippen LogP contribution in [0.4, 0.5) is 4.79 Å². The summed E-state index contributed by atoms with van der Waals surface area (Å²) in [4.78, 5) is 25.9. The molecule has 1 fully saturated rings. The van der Waals surface area contributed by atoms with Crippen LogP contribution >= 0.6 is 0 Å². The van der Waals surface area contributed by atoms with Gasteiger partial charge in [-0.3, -0.25) is 4.79 Å². The Bertz CT molecular complexity index is 864. The van der Waals surface area contributed by atoms with Gasteiger partial charge in [0.25, 0.3) is 5.56 Å². The molecule has 3 rings (SSSR count). The third kappa shape index (κ3) is 3.71. The predicted molar refractivity (Wildman–Crippen MR) is 97.3 cm³/mol. The molecule has 0 bridgehead atoms. The highest BCUT2D eigenvalue weighted by Crippen LogP contribution is 2.28. The zero-order valence-corrected chi connectivity index (χ0v) is 15.4. The molecule has 2 heterocycles. The molecule has 0 spiro atoms. The van der Waals surface area contributed by atoms with Crippen LogP contribution in [0.25, 0.3) is 11.3 Å². The van der Waals surface area contributed by atoms with E-state index in [1.807, 2.05) is 45.0 Å². The molecule has 1 aliphatic heterocycles. The molecule has 0 radical (unpaired) electrons. The summed E-state index contributed by atoms with van der Waals surface area (Å²) < 4.78 is 12.1. The van der Waals surface area contributed by atoms with Crippen LogP contribution in [0.1, 0.15) is 26.8 Å². The maximum Gasteiger partial charge on any atom is 0.410 e. The number of para-hydroxylation sites is 1. The molecule has 138 valence electrons. The molecule has 1 aliphatic rings. The summed E-state index contributed by atoms with van der Waals surface area (Å²) >= 11 is 0. The topological polar surface area (TPSA) is 73.7 Å². The molecule has 1 aromatic heterocycles. The van der Waals surface area contributed by atoms with Crippen molar-refractivity contribution in [2.45, 2.75) is 32.4 Å². The van der Waals surface area contributed by atoms with Gasteiger partial charge in [0.2, 0.25) is 0 Å². The second kappa shape index (κ2) is 6.82. The van der Waals surface area contributed by atoms with E-state index >= 15 is 0 Å². The number of aromatic nitrogens is 2. The van der Waals surface area contributed by atoms with Crippen LogP contribution in [0.15, 0.2) is 41.2 Å². The number of carbonyl (C=O) groups excluding carboxylic acids is 1. The number of nitrogens with zero attached hydrogens (tertiary/aromatic N) is 3. The molecule has 1 saturated heterocycles. The summed E-state index contributed by atoms with van der Waals surface area (Å²) in [6.07, 6.45) is -0.373. The van der Waals surface area contributed by atoms with Crippen molar-refractivity contribution in [2.24, 2.45) is 0 Å². The smallest absolute Gasteiger partial charge is 0.410 e. The van der Waals surface area contributed by atoms with Gasteiger partial charge in [0.05, 0.1) is 18.8 Å². The third-order valence-electron chi connectivity index (χ3n) is 4.07. The fourth-order valence-electron chi connectivity index (χ4n) is 2.77. The maximum atomic E-state index is 12.2. The first-order valence-corrected chi connectivity index (χ1v) is 8.49. The van der Waals surface area contributed by atoms with Crippen molar-refractivity contribution in [3.63, 3.8) is 0 Å². The fraction of sp³-hybridized carbons (Fsp3) is 0.421. The fourth-order valence-corrected chi connectivity index (χ4v) is 2.77. The Hall–Kier alpha value is -2.83. The number of amides is 1. The molecule has 0 atom stereocenters. The lowest BCUT2D eigenvalue weighted by Gasteiger charge is -2.39. The molecule has 7 nitrogen and oxygen atoms in total. The van der Waals surface area contributed by atoms with Crippen molar-refractivity contribution in [1.82, 2.24) is 14.7 Å². The SMILES string of the molecule is COc1ccccc1-c1ccc(=O)n(C2CN(C(=O)OC(C)(C)C)C2)n1. The van der Waals surface area contributed by atoms with Crippen LogP contribution in [0, 0.1) is 0 Å². The van der Waals surface area contributed by atoms with Gasteiger partial charge in [0.15, 0.2) is 0 Å². The van der Waals surface area contributed by atoms with Crippen LogP contribution in [0.5, 0.6) is 5.75 Å². The molecule has 0 unspecified atom stereocenters. The average Bonchev–Trinajstić information content (AvgIpc) is 2.53. The molecule has 26 heavy (non-hydrogen) atoms. The lowest BCUT2D eigenvalue weighted by Crippen LogP contribution is -2.54. The lowest BCUT2D eigenvalue weighted by atomic mass is 10.1. The van der Waals surface area contributed by atoms with Gasteiger partial charge in [0, 0.05) is 24.7 Å². The third-order valence-corrected chi connectivity index (χ3v) is 4.07. The van der Waals surface area contributed by atoms with Crippen molar-refractivity contribution < 1.29 is 14.3 Å². The van der Waals surface area contributed by atoms with Gasteiger partial charge in [-0.1, -0.05) is 12.1 Å². The van der Waals surface area contributed by atoms with Gasteiger partial charge in [-0.15, -0.1) is 0 Å². The number of hydrogen-bond donors (Lipinski definition) is 0. The van der Waals surface area contributed by atoms with E-state index in [2.05, 4.69) is 5.10 Å². The van der Waals surface area contributed by atoms with E-state index in [-0.39, 0.29) is 17.7 Å². The van der Waals surface area contributed by atoms with Crippen molar-refractivity contribution in [3.05, 3.63) is 46.8 Å². The van der Waals surface area contributed by atoms with Crippen LogP contribution in [0.3, 0.4) is 0 Å². The van der Waals surface area contributed by atoms with E-state index in [9.17, 15) is 9.59 Å². The standard InChI is InChI=1S/C19H23N3O4/c1-19(2,3)26-18(24)21-11-13(12-21)22-17(23)10-9-15(20-22)14-7-5-6-8-16(14)25-4/h5-10,13H,11-12H2,1-4H3. The van der Waals surface area contributed by atoms with Crippen molar-refractivity contribution in [3.8, 4) is 17.0 Å². The van der Waals surface area contributed by atoms with E-state index < -0.39 is 5.60 Å². The number of ether oxygens (including phenoxy) is 2. The molecule has 1 amide bonds. The minimum absolute atomic E-state index is 0.162. The largest absolute Gasteiger partial charge is 0.496 e. The number of methoxy groups -OCH3 is 1. The summed E-state index contributed by atoms with van der Waals surface area (Å²) in [7, 11) is 1.60. The minimum atomic E-state index is -0.541. The molecule has 0 aliphatic carbocycles. The Labute approximate surface area is 152 Å². The average molecular weight is 357 g/mol. The Balaban J connectivity index is 1.78. The zero-order chi connectivity index (χ0) is 18.9. The number of likely N-dealkylation sites (tertiary alicyclic amines) is 1. The van der Waals surface area contributed by atoms with Crippen molar-refractivity contribution in [2.75, 3.05) is 20.2 Å². The van der Waals surface area contributed by atoms with E-state index in [1.165, 1.54) is 10.7 Å². The van der Waals surface area contributed by atoms with E-state index in [0.717, 1.165) is 5.56 Å². The van der Waals surface area contributed by atoms with E-state index in [4.69, 9.17) is 9.47 Å². The number of rotatable bonds is 3. The van der Waals surface area contributed by atoms with Gasteiger partial charge >= 0.3 is 6.09 Å². The molecule has 2 aromatic rings. The molecular formula is C19H23N3O4. The first-order valence-electron chi connectivity index (χ1n) is 8.49. The molecule has 7 heteroatoms. The molecule has 1 aromatic carbocycles. The number of carbonyl (C=O) groups is 1. The van der Waals surface area contributed by atoms with E-state index in [0.29, 0.717) is 24.5 Å². The van der Waals surface area contributed by atoms with Gasteiger partial charge in [0.1, 0.15) is 11.4 Å². The van der Waals surface area contributed by atoms with Gasteiger partial charge in [-0.25, -0.2) is 9.48 Å². The highest BCUT2D eigenvalue weighted by atomic mass is 16.6. The highest BCUT2D eigenvalue weighted by Gasteiger charge is 2.36. The summed E-state index contributed by atoms with van der Waals surface area (Å²) in [5.41, 5.74) is 0.725. The van der Waals surface area contributed by atoms with Crippen molar-refractivity contribution in [1.29, 1.82) is 0 Å². The lowest BCUT2D eigenvalue weighted by molar-refractivity contribution is -0.000985. The number of hydrogen-bond acceptors (Lipinski definition) is 5. The zero-order valence-electron chi connectivity index (χ0n) is 15.4. The minimum Gasteiger partial charge on any atom is -0.496 e. The van der Waals surface area contributed by atoms with Crippen LogP contribution in [-0.4, -0.2) is 46.6 Å². The Kier molecular flexibility index (Phi) is 4.71. The van der Waals surface area contributed by atoms with Crippen LogP contribution < -0.4 is 10.3 Å². The predicted octanol–water partition coefficient (Wildman–Crippen LogP) is 2.71. The summed E-state index contributed by atoms with van der Waals surface area (Å²) in [5, 5.41) is 4.49. The van der Waals surface area contributed by atoms with Gasteiger partial charge in [-0.2, -0.15) is 5.10 Å². The monoisotopic (exact) mass is 357 g/mol. The highest BCUT2D eigenvalue weighted by molar-refractivity contribution is 5.69. The number of benzene rings is 1. The Morgan fingerprint density at radius 2 is 1.85 bits per heavy atom. The Morgan fingerprint density at radius 1 is 1.15 bits per heavy atom. The summed E-state index contributed by atoms with van der Waals surface area (Å²) in [6.45, 7) is 6.27. The van der Waals surface area contributed by atoms with Gasteiger partial charge < -0.3 is 14.4 Å². The Morgan fingerprint density at radius 3 is 2.50 bits per heavy atom. The second-order valence-corrected chi connectivity index (χ2v) is 7.24. The van der Waals surface area contributed by atoms with Crippen molar-refractivity contribution >= 4 is 6.09 Å². The quantitative estimate of drug-likeness (QED) is 0.844. The van der Waals surface area contributed by atoms with Crippen LogP contribution in [-0.2, 0) is 4.74 Å². The van der Waals surface area contributed by atoms with E-state index in [1.54, 1.807) is 18.1 Å². The first-order chi connectivity index (χ1) is 12.3. The first kappa shape index (κ1) is 18.0. The summed E-state index contributed by atoms with van der Waals surface area (Å²) in [5.74, 6) is 0.689. The second-order valence-electron chi connectivity index (χ2n) is 7.24. The molecule has 0 saturated carbocycles. The van der Waals surface area contributed by atoms with Crippen LogP contribution in [0.2, 0.25) is 0 Å². The molecule has 0 N–H and O–H groups in total.